The molecule has 2 aromatic rings. The van der Waals surface area contributed by atoms with Gasteiger partial charge in [0.15, 0.2) is 11.8 Å². The zero-order valence-electron chi connectivity index (χ0n) is 15.5. The molecule has 0 spiro atoms. The molecule has 27 heavy (non-hydrogen) atoms. The van der Waals surface area contributed by atoms with E-state index >= 15 is 0 Å². The van der Waals surface area contributed by atoms with E-state index in [1.54, 1.807) is 43.3 Å². The third-order valence-electron chi connectivity index (χ3n) is 4.30. The van der Waals surface area contributed by atoms with Gasteiger partial charge in [-0.3, -0.25) is 9.59 Å². The van der Waals surface area contributed by atoms with Crippen molar-refractivity contribution in [2.24, 2.45) is 0 Å². The number of quaternary nitrogens is 1. The van der Waals surface area contributed by atoms with Crippen molar-refractivity contribution in [1.29, 1.82) is 0 Å². The Labute approximate surface area is 156 Å². The van der Waals surface area contributed by atoms with Crippen molar-refractivity contribution in [3.8, 4) is 5.75 Å². The van der Waals surface area contributed by atoms with E-state index < -0.39 is 6.61 Å². The van der Waals surface area contributed by atoms with E-state index in [9.17, 15) is 18.4 Å². The summed E-state index contributed by atoms with van der Waals surface area (Å²) in [6.45, 7) is 0.957. The smallest absolute Gasteiger partial charge is 0.387 e. The fourth-order valence-electron chi connectivity index (χ4n) is 2.55. The zero-order chi connectivity index (χ0) is 20.0. The summed E-state index contributed by atoms with van der Waals surface area (Å²) in [5, 5.41) is 2.82. The molecule has 0 heterocycles. The Kier molecular flexibility index (Phi) is 7.01. The Morgan fingerprint density at radius 3 is 2.41 bits per heavy atom. The molecule has 1 unspecified atom stereocenters. The predicted octanol–water partition coefficient (Wildman–Crippen LogP) is 2.53. The molecule has 2 N–H and O–H groups in total. The van der Waals surface area contributed by atoms with Gasteiger partial charge in [-0.25, -0.2) is 0 Å². The molecule has 0 aliphatic heterocycles. The molecule has 0 fully saturated rings. The molecule has 144 valence electrons. The number of alkyl halides is 2. The molecule has 1 amide bonds. The number of ether oxygens (including phenoxy) is 1. The van der Waals surface area contributed by atoms with Crippen LogP contribution in [-0.2, 0) is 11.3 Å². The van der Waals surface area contributed by atoms with E-state index in [1.165, 1.54) is 19.1 Å². The summed E-state index contributed by atoms with van der Waals surface area (Å²) in [5.74, 6) is -0.144. The summed E-state index contributed by atoms with van der Waals surface area (Å²) in [4.78, 5) is 24.9. The molecule has 0 radical (unpaired) electrons. The molecule has 7 heteroatoms. The number of hydrogen-bond acceptors (Lipinski definition) is 3. The van der Waals surface area contributed by atoms with Gasteiger partial charge in [0.25, 0.3) is 5.91 Å². The van der Waals surface area contributed by atoms with Crippen LogP contribution in [0.3, 0.4) is 0 Å². The number of anilines is 1. The van der Waals surface area contributed by atoms with Crippen LogP contribution in [-0.4, -0.2) is 31.4 Å². The number of halogens is 2. The lowest BCUT2D eigenvalue weighted by Crippen LogP contribution is -3.12. The van der Waals surface area contributed by atoms with Gasteiger partial charge in [0.1, 0.15) is 12.3 Å². The van der Waals surface area contributed by atoms with Crippen molar-refractivity contribution in [1.82, 2.24) is 0 Å². The second kappa shape index (κ2) is 9.23. The van der Waals surface area contributed by atoms with Crippen LogP contribution >= 0.6 is 0 Å². The summed E-state index contributed by atoms with van der Waals surface area (Å²) in [7, 11) is 1.87. The van der Waals surface area contributed by atoms with E-state index in [1.807, 2.05) is 7.05 Å². The molecule has 2 atom stereocenters. The topological polar surface area (TPSA) is 59.8 Å². The van der Waals surface area contributed by atoms with Gasteiger partial charge in [-0.15, -0.1) is 0 Å². The first-order valence-corrected chi connectivity index (χ1v) is 8.54. The highest BCUT2D eigenvalue weighted by atomic mass is 19.3. The molecule has 0 saturated heterocycles. The van der Waals surface area contributed by atoms with Crippen LogP contribution in [0.4, 0.5) is 14.5 Å². The maximum Gasteiger partial charge on any atom is 0.387 e. The first-order valence-electron chi connectivity index (χ1n) is 8.54. The Morgan fingerprint density at radius 2 is 1.81 bits per heavy atom. The number of carbonyl (C=O) groups excluding carboxylic acids is 2. The normalized spacial score (nSPS) is 13.1. The summed E-state index contributed by atoms with van der Waals surface area (Å²) in [6.07, 6.45) is 0. The molecule has 0 aliphatic rings. The Hall–Kier alpha value is -2.80. The quantitative estimate of drug-likeness (QED) is 0.695. The highest BCUT2D eigenvalue weighted by Crippen LogP contribution is 2.14. The van der Waals surface area contributed by atoms with E-state index in [4.69, 9.17) is 0 Å². The minimum absolute atomic E-state index is 0.0684. The van der Waals surface area contributed by atoms with Crippen molar-refractivity contribution in [3.63, 3.8) is 0 Å². The second-order valence-electron chi connectivity index (χ2n) is 6.39. The van der Waals surface area contributed by atoms with Crippen LogP contribution in [0.5, 0.6) is 5.75 Å². The molecule has 0 aromatic heterocycles. The van der Waals surface area contributed by atoms with Gasteiger partial charge >= 0.3 is 6.61 Å². The first kappa shape index (κ1) is 20.5. The van der Waals surface area contributed by atoms with Crippen molar-refractivity contribution < 1.29 is 28.0 Å². The van der Waals surface area contributed by atoms with Crippen LogP contribution in [0.25, 0.3) is 0 Å². The standard InChI is InChI=1S/C20H22F2N2O3/c1-13(19(26)23-17-6-4-5-16(11-17)14(2)25)24(3)12-15-7-9-18(10-8-15)27-20(21)22/h4-11,13,20H,12H2,1-3H3,(H,23,26)/p+1/t13-/m0/s1. The van der Waals surface area contributed by atoms with E-state index in [0.717, 1.165) is 10.5 Å². The van der Waals surface area contributed by atoms with E-state index in [-0.39, 0.29) is 23.5 Å². The first-order chi connectivity index (χ1) is 12.8. The van der Waals surface area contributed by atoms with Gasteiger partial charge in [-0.1, -0.05) is 12.1 Å². The maximum atomic E-state index is 12.5. The molecule has 0 saturated carbocycles. The van der Waals surface area contributed by atoms with Crippen molar-refractivity contribution >= 4 is 17.4 Å². The van der Waals surface area contributed by atoms with Crippen molar-refractivity contribution in [3.05, 3.63) is 59.7 Å². The number of ketones is 1. The summed E-state index contributed by atoms with van der Waals surface area (Å²) in [5.41, 5.74) is 2.00. The second-order valence-corrected chi connectivity index (χ2v) is 6.39. The lowest BCUT2D eigenvalue weighted by molar-refractivity contribution is -0.907. The highest BCUT2D eigenvalue weighted by molar-refractivity contribution is 5.97. The molecule has 2 rings (SSSR count). The minimum atomic E-state index is -2.85. The lowest BCUT2D eigenvalue weighted by atomic mass is 10.1. The fourth-order valence-corrected chi connectivity index (χ4v) is 2.55. The fraction of sp³-hybridized carbons (Fsp3) is 0.300. The molecule has 0 aliphatic carbocycles. The monoisotopic (exact) mass is 377 g/mol. The highest BCUT2D eigenvalue weighted by Gasteiger charge is 2.22. The van der Waals surface area contributed by atoms with Crippen LogP contribution in [0, 0.1) is 0 Å². The summed E-state index contributed by atoms with van der Waals surface area (Å²) in [6, 6.07) is 12.8. The molecule has 5 nitrogen and oxygen atoms in total. The van der Waals surface area contributed by atoms with E-state index in [2.05, 4.69) is 10.1 Å². The number of amides is 1. The van der Waals surface area contributed by atoms with Crippen LogP contribution < -0.4 is 15.0 Å². The van der Waals surface area contributed by atoms with Gasteiger partial charge in [-0.05, 0) is 50.2 Å². The van der Waals surface area contributed by atoms with Crippen molar-refractivity contribution in [2.45, 2.75) is 33.0 Å². The van der Waals surface area contributed by atoms with Gasteiger partial charge in [-0.2, -0.15) is 8.78 Å². The van der Waals surface area contributed by atoms with Gasteiger partial charge in [0.2, 0.25) is 0 Å². The number of Topliss-reactive ketones (excluding diaryl/α,β-unsaturated/α-hetero) is 1. The zero-order valence-corrected chi connectivity index (χ0v) is 15.5. The average molecular weight is 377 g/mol. The number of hydrogen-bond donors (Lipinski definition) is 2. The summed E-state index contributed by atoms with van der Waals surface area (Å²) >= 11 is 0. The third kappa shape index (κ3) is 6.14. The van der Waals surface area contributed by atoms with Crippen LogP contribution in [0.1, 0.15) is 29.8 Å². The average Bonchev–Trinajstić information content (AvgIpc) is 2.62. The Bertz CT molecular complexity index is 794. The number of likely N-dealkylation sites (N-methyl/N-ethyl adjacent to an activating group) is 1. The van der Waals surface area contributed by atoms with Crippen LogP contribution in [0.15, 0.2) is 48.5 Å². The number of rotatable bonds is 8. The molecular weight excluding hydrogens is 354 g/mol. The van der Waals surface area contributed by atoms with Crippen LogP contribution in [0.2, 0.25) is 0 Å². The Balaban J connectivity index is 1.95. The van der Waals surface area contributed by atoms with Gasteiger partial charge in [0.05, 0.1) is 7.05 Å². The summed E-state index contributed by atoms with van der Waals surface area (Å²) < 4.78 is 28.7. The van der Waals surface area contributed by atoms with E-state index in [0.29, 0.717) is 17.8 Å². The lowest BCUT2D eigenvalue weighted by Gasteiger charge is -2.21. The predicted molar refractivity (Wildman–Crippen MR) is 98.2 cm³/mol. The minimum Gasteiger partial charge on any atom is -0.435 e. The number of carbonyl (C=O) groups is 2. The van der Waals surface area contributed by atoms with Gasteiger partial charge < -0.3 is 15.0 Å². The number of benzene rings is 2. The molecular formula is C20H23F2N2O3+. The van der Waals surface area contributed by atoms with Crippen molar-refractivity contribution in [2.75, 3.05) is 12.4 Å². The molecule has 2 aromatic carbocycles. The molecule has 0 bridgehead atoms. The largest absolute Gasteiger partial charge is 0.435 e. The maximum absolute atomic E-state index is 12.5. The van der Waals surface area contributed by atoms with Gasteiger partial charge in [0, 0.05) is 16.8 Å². The third-order valence-corrected chi connectivity index (χ3v) is 4.30. The Morgan fingerprint density at radius 1 is 1.15 bits per heavy atom. The number of nitrogens with one attached hydrogen (secondary N) is 2. The SMILES string of the molecule is CC(=O)c1cccc(NC(=O)[C@H](C)[NH+](C)Cc2ccc(OC(F)F)cc2)c1.